The highest BCUT2D eigenvalue weighted by atomic mass is 32.2. The monoisotopic (exact) mass is 304 g/mol. The molecule has 5 nitrogen and oxygen atoms in total. The second kappa shape index (κ2) is 5.60. The Balaban J connectivity index is 2.08. The Hall–Kier alpha value is -0.920. The van der Waals surface area contributed by atoms with Crippen LogP contribution in [0.5, 0.6) is 0 Å². The number of sulfone groups is 1. The van der Waals surface area contributed by atoms with Crippen LogP contribution in [0.2, 0.25) is 0 Å². The number of carbonyl (C=O) groups is 1. The molecule has 1 aromatic rings. The van der Waals surface area contributed by atoms with E-state index in [0.29, 0.717) is 12.2 Å². The summed E-state index contributed by atoms with van der Waals surface area (Å²) in [5.41, 5.74) is 0.584. The van der Waals surface area contributed by atoms with E-state index in [4.69, 9.17) is 9.84 Å². The van der Waals surface area contributed by atoms with Crippen molar-refractivity contribution < 1.29 is 23.1 Å². The summed E-state index contributed by atoms with van der Waals surface area (Å²) in [6.07, 6.45) is 1.48. The molecule has 0 saturated carbocycles. The first-order valence-corrected chi connectivity index (χ1v) is 8.66. The molecule has 1 aromatic heterocycles. The van der Waals surface area contributed by atoms with Crippen molar-refractivity contribution in [2.75, 3.05) is 12.4 Å². The molecule has 2 heterocycles. The predicted molar refractivity (Wildman–Crippen MR) is 72.5 cm³/mol. The van der Waals surface area contributed by atoms with Crippen LogP contribution in [0.25, 0.3) is 0 Å². The van der Waals surface area contributed by atoms with Gasteiger partial charge in [0.25, 0.3) is 0 Å². The lowest BCUT2D eigenvalue weighted by molar-refractivity contribution is 0.0702. The molecule has 0 aliphatic carbocycles. The molecule has 0 amide bonds. The van der Waals surface area contributed by atoms with E-state index >= 15 is 0 Å². The van der Waals surface area contributed by atoms with E-state index in [9.17, 15) is 13.2 Å². The lowest BCUT2D eigenvalue weighted by Crippen LogP contribution is -2.21. The lowest BCUT2D eigenvalue weighted by atomic mass is 10.3. The number of hydrogen-bond donors (Lipinski definition) is 1. The van der Waals surface area contributed by atoms with Crippen molar-refractivity contribution in [2.45, 2.75) is 31.6 Å². The summed E-state index contributed by atoms with van der Waals surface area (Å²) in [6, 6.07) is 1.45. The SMILES string of the molecule is Cc1sc(C(=O)O)cc1CS(=O)(=O)CC1CCCO1. The molecule has 1 saturated heterocycles. The van der Waals surface area contributed by atoms with E-state index in [0.717, 1.165) is 29.1 Å². The van der Waals surface area contributed by atoms with Crippen molar-refractivity contribution in [1.29, 1.82) is 0 Å². The molecule has 0 bridgehead atoms. The zero-order valence-corrected chi connectivity index (χ0v) is 12.2. The van der Waals surface area contributed by atoms with Gasteiger partial charge in [0.15, 0.2) is 9.84 Å². The topological polar surface area (TPSA) is 80.7 Å². The summed E-state index contributed by atoms with van der Waals surface area (Å²) < 4.78 is 29.5. The molecule has 1 atom stereocenters. The van der Waals surface area contributed by atoms with E-state index in [2.05, 4.69) is 0 Å². The Labute approximate surface area is 116 Å². The van der Waals surface area contributed by atoms with Crippen molar-refractivity contribution in [3.8, 4) is 0 Å². The highest BCUT2D eigenvalue weighted by Crippen LogP contribution is 2.24. The average Bonchev–Trinajstić information content (AvgIpc) is 2.88. The van der Waals surface area contributed by atoms with Gasteiger partial charge >= 0.3 is 5.97 Å². The van der Waals surface area contributed by atoms with E-state index < -0.39 is 15.8 Å². The molecule has 2 rings (SSSR count). The summed E-state index contributed by atoms with van der Waals surface area (Å²) in [6.45, 7) is 2.37. The van der Waals surface area contributed by atoms with Crippen molar-refractivity contribution in [3.63, 3.8) is 0 Å². The number of rotatable bonds is 5. The number of hydrogen-bond acceptors (Lipinski definition) is 5. The van der Waals surface area contributed by atoms with Gasteiger partial charge < -0.3 is 9.84 Å². The minimum Gasteiger partial charge on any atom is -0.477 e. The van der Waals surface area contributed by atoms with Crippen LogP contribution in [0.3, 0.4) is 0 Å². The third kappa shape index (κ3) is 3.77. The first-order valence-electron chi connectivity index (χ1n) is 6.02. The molecule has 1 N–H and O–H groups in total. The lowest BCUT2D eigenvalue weighted by Gasteiger charge is -2.09. The maximum Gasteiger partial charge on any atom is 0.345 e. The second-order valence-electron chi connectivity index (χ2n) is 4.69. The van der Waals surface area contributed by atoms with Gasteiger partial charge in [-0.25, -0.2) is 13.2 Å². The van der Waals surface area contributed by atoms with E-state index in [1.54, 1.807) is 6.92 Å². The number of aromatic carboxylic acids is 1. The summed E-state index contributed by atoms with van der Waals surface area (Å²) in [7, 11) is -3.26. The highest BCUT2D eigenvalue weighted by Gasteiger charge is 2.25. The van der Waals surface area contributed by atoms with Gasteiger partial charge in [-0.15, -0.1) is 11.3 Å². The Kier molecular flexibility index (Phi) is 4.27. The van der Waals surface area contributed by atoms with Crippen molar-refractivity contribution in [3.05, 3.63) is 21.4 Å². The smallest absolute Gasteiger partial charge is 0.345 e. The normalized spacial score (nSPS) is 19.7. The van der Waals surface area contributed by atoms with Crippen molar-refractivity contribution >= 4 is 27.1 Å². The van der Waals surface area contributed by atoms with E-state index in [1.807, 2.05) is 0 Å². The summed E-state index contributed by atoms with van der Waals surface area (Å²) >= 11 is 1.11. The Morgan fingerprint density at radius 1 is 1.58 bits per heavy atom. The number of carboxylic acids is 1. The molecule has 1 aliphatic rings. The van der Waals surface area contributed by atoms with Gasteiger partial charge in [0.2, 0.25) is 0 Å². The largest absolute Gasteiger partial charge is 0.477 e. The van der Waals surface area contributed by atoms with Gasteiger partial charge in [-0.2, -0.15) is 0 Å². The maximum atomic E-state index is 12.1. The van der Waals surface area contributed by atoms with Gasteiger partial charge in [0.05, 0.1) is 17.6 Å². The molecule has 0 radical (unpaired) electrons. The van der Waals surface area contributed by atoms with Gasteiger partial charge in [-0.3, -0.25) is 0 Å². The Morgan fingerprint density at radius 2 is 2.32 bits per heavy atom. The summed E-state index contributed by atoms with van der Waals surface area (Å²) in [5.74, 6) is -1.11. The Bertz CT molecular complexity index is 567. The predicted octanol–water partition coefficient (Wildman–Crippen LogP) is 1.85. The zero-order chi connectivity index (χ0) is 14.0. The molecule has 1 unspecified atom stereocenters. The number of carboxylic acid groups (broad SMARTS) is 1. The van der Waals surface area contributed by atoms with Crippen LogP contribution >= 0.6 is 11.3 Å². The van der Waals surface area contributed by atoms with Crippen LogP contribution in [0.15, 0.2) is 6.07 Å². The van der Waals surface area contributed by atoms with Crippen molar-refractivity contribution in [2.24, 2.45) is 0 Å². The standard InChI is InChI=1S/C12H16O5S2/c1-8-9(5-11(18-8)12(13)14)6-19(15,16)7-10-3-2-4-17-10/h5,10H,2-4,6-7H2,1H3,(H,13,14). The fourth-order valence-electron chi connectivity index (χ4n) is 2.12. The zero-order valence-electron chi connectivity index (χ0n) is 10.6. The number of ether oxygens (including phenoxy) is 1. The summed E-state index contributed by atoms with van der Waals surface area (Å²) in [4.78, 5) is 11.8. The number of thiophene rings is 1. The van der Waals surface area contributed by atoms with E-state index in [1.165, 1.54) is 6.07 Å². The molecule has 1 fully saturated rings. The van der Waals surface area contributed by atoms with Gasteiger partial charge in [-0.1, -0.05) is 0 Å². The van der Waals surface area contributed by atoms with Crippen molar-refractivity contribution in [1.82, 2.24) is 0 Å². The molecule has 1 aliphatic heterocycles. The third-order valence-corrected chi connectivity index (χ3v) is 5.78. The fraction of sp³-hybridized carbons (Fsp3) is 0.583. The molecule has 106 valence electrons. The third-order valence-electron chi connectivity index (χ3n) is 3.07. The average molecular weight is 304 g/mol. The van der Waals surface area contributed by atoms with Crippen LogP contribution in [-0.2, 0) is 20.3 Å². The number of aryl methyl sites for hydroxylation is 1. The second-order valence-corrected chi connectivity index (χ2v) is 8.05. The molecular weight excluding hydrogens is 288 g/mol. The molecule has 7 heteroatoms. The van der Waals surface area contributed by atoms with Crippen LogP contribution < -0.4 is 0 Å². The Morgan fingerprint density at radius 3 is 2.84 bits per heavy atom. The minimum atomic E-state index is -3.26. The van der Waals surface area contributed by atoms with Gasteiger partial charge in [-0.05, 0) is 31.4 Å². The van der Waals surface area contributed by atoms with Crippen LogP contribution in [0.4, 0.5) is 0 Å². The fourth-order valence-corrected chi connectivity index (χ4v) is 4.82. The highest BCUT2D eigenvalue weighted by molar-refractivity contribution is 7.90. The van der Waals surface area contributed by atoms with Crippen LogP contribution in [0, 0.1) is 6.92 Å². The minimum absolute atomic E-state index is 0.0185. The molecular formula is C12H16O5S2. The first kappa shape index (κ1) is 14.5. The van der Waals surface area contributed by atoms with Gasteiger partial charge in [0.1, 0.15) is 4.88 Å². The van der Waals surface area contributed by atoms with Gasteiger partial charge in [0, 0.05) is 11.5 Å². The summed E-state index contributed by atoms with van der Waals surface area (Å²) in [5, 5.41) is 8.89. The molecule has 0 aromatic carbocycles. The van der Waals surface area contributed by atoms with E-state index in [-0.39, 0.29) is 22.5 Å². The van der Waals surface area contributed by atoms with Crippen LogP contribution in [-0.4, -0.2) is 38.0 Å². The van der Waals surface area contributed by atoms with Crippen LogP contribution in [0.1, 0.15) is 33.0 Å². The quantitative estimate of drug-likeness (QED) is 0.898. The molecule has 0 spiro atoms. The molecule has 19 heavy (non-hydrogen) atoms. The first-order chi connectivity index (χ1) is 8.87. The maximum absolute atomic E-state index is 12.1.